The van der Waals surface area contributed by atoms with Gasteiger partial charge in [-0.3, -0.25) is 4.79 Å². The van der Waals surface area contributed by atoms with E-state index in [-0.39, 0.29) is 12.5 Å². The number of hydrogen-bond donors (Lipinski definition) is 1. The van der Waals surface area contributed by atoms with Crippen LogP contribution in [0, 0.1) is 6.92 Å². The average Bonchev–Trinajstić information content (AvgIpc) is 2.46. The molecule has 0 spiro atoms. The second-order valence-electron chi connectivity index (χ2n) is 5.14. The topological polar surface area (TPSA) is 66.8 Å². The molecule has 1 aliphatic rings. The highest BCUT2D eigenvalue weighted by Gasteiger charge is 2.31. The van der Waals surface area contributed by atoms with Crippen LogP contribution in [0.4, 0.5) is 0 Å². The molecule has 114 valence electrons. The molecule has 6 heteroatoms. The van der Waals surface area contributed by atoms with Crippen molar-refractivity contribution in [3.8, 4) is 5.75 Å². The number of halogens is 1. The fourth-order valence-corrected chi connectivity index (χ4v) is 2.71. The van der Waals surface area contributed by atoms with Crippen molar-refractivity contribution in [2.75, 3.05) is 13.2 Å². The maximum atomic E-state index is 12.2. The summed E-state index contributed by atoms with van der Waals surface area (Å²) in [6, 6.07) is 4.41. The summed E-state index contributed by atoms with van der Waals surface area (Å²) in [5, 5.41) is 9.77. The van der Waals surface area contributed by atoms with Gasteiger partial charge in [-0.2, -0.15) is 0 Å². The highest BCUT2D eigenvalue weighted by molar-refractivity contribution is 6.30. The van der Waals surface area contributed by atoms with E-state index in [1.165, 1.54) is 4.90 Å². The van der Waals surface area contributed by atoms with Crippen LogP contribution < -0.4 is 4.74 Å². The first-order valence-corrected chi connectivity index (χ1v) is 7.28. The molecule has 0 unspecified atom stereocenters. The van der Waals surface area contributed by atoms with Crippen LogP contribution >= 0.6 is 11.6 Å². The number of aliphatic carboxylic acids is 1. The van der Waals surface area contributed by atoms with Crippen molar-refractivity contribution in [2.24, 2.45) is 0 Å². The van der Waals surface area contributed by atoms with Gasteiger partial charge in [0.2, 0.25) is 0 Å². The molecule has 0 bridgehead atoms. The quantitative estimate of drug-likeness (QED) is 0.927. The van der Waals surface area contributed by atoms with E-state index >= 15 is 0 Å². The maximum absolute atomic E-state index is 12.2. The van der Waals surface area contributed by atoms with Gasteiger partial charge in [-0.1, -0.05) is 11.6 Å². The Hall–Kier alpha value is -1.75. The van der Waals surface area contributed by atoms with Gasteiger partial charge >= 0.3 is 5.97 Å². The fourth-order valence-electron chi connectivity index (χ4n) is 2.48. The van der Waals surface area contributed by atoms with Crippen LogP contribution in [0.15, 0.2) is 18.2 Å². The number of carbonyl (C=O) groups excluding carboxylic acids is 1. The summed E-state index contributed by atoms with van der Waals surface area (Å²) in [4.78, 5) is 24.8. The van der Waals surface area contributed by atoms with Crippen molar-refractivity contribution in [1.82, 2.24) is 4.90 Å². The van der Waals surface area contributed by atoms with Gasteiger partial charge in [0.1, 0.15) is 11.8 Å². The van der Waals surface area contributed by atoms with Crippen LogP contribution in [0.3, 0.4) is 0 Å². The Bertz CT molecular complexity index is 546. The maximum Gasteiger partial charge on any atom is 0.326 e. The van der Waals surface area contributed by atoms with E-state index in [1.54, 1.807) is 18.2 Å². The van der Waals surface area contributed by atoms with Crippen molar-refractivity contribution >= 4 is 23.5 Å². The molecule has 2 rings (SSSR count). The van der Waals surface area contributed by atoms with Crippen LogP contribution in [-0.2, 0) is 9.59 Å². The highest BCUT2D eigenvalue weighted by atomic mass is 35.5. The van der Waals surface area contributed by atoms with Crippen LogP contribution in [0.5, 0.6) is 5.75 Å². The van der Waals surface area contributed by atoms with Gasteiger partial charge in [0.15, 0.2) is 6.61 Å². The molecule has 1 saturated heterocycles. The van der Waals surface area contributed by atoms with E-state index in [4.69, 9.17) is 21.4 Å². The number of rotatable bonds is 4. The summed E-state index contributed by atoms with van der Waals surface area (Å²) in [7, 11) is 0. The number of hydrogen-bond acceptors (Lipinski definition) is 3. The lowest BCUT2D eigenvalue weighted by molar-refractivity contribution is -0.152. The normalized spacial score (nSPS) is 18.4. The zero-order valence-electron chi connectivity index (χ0n) is 11.8. The molecule has 0 saturated carbocycles. The first-order valence-electron chi connectivity index (χ1n) is 6.90. The first kappa shape index (κ1) is 15.6. The molecule has 1 aromatic carbocycles. The number of amides is 1. The summed E-state index contributed by atoms with van der Waals surface area (Å²) in [5.41, 5.74) is 0.837. The van der Waals surface area contributed by atoms with Crippen LogP contribution in [0.25, 0.3) is 0 Å². The summed E-state index contributed by atoms with van der Waals surface area (Å²) in [6.07, 6.45) is 2.16. The molecular formula is C15H18ClNO4. The number of carbonyl (C=O) groups is 2. The SMILES string of the molecule is Cc1cc(Cl)ccc1OCC(=O)N1CCCC[C@@H]1C(=O)O. The van der Waals surface area contributed by atoms with Crippen LogP contribution in [0.1, 0.15) is 24.8 Å². The molecule has 1 heterocycles. The minimum absolute atomic E-state index is 0.160. The van der Waals surface area contributed by atoms with Crippen molar-refractivity contribution in [1.29, 1.82) is 0 Å². The second kappa shape index (κ2) is 6.80. The number of carboxylic acids is 1. The number of ether oxygens (including phenoxy) is 1. The summed E-state index contributed by atoms with van der Waals surface area (Å²) in [5.74, 6) is -0.668. The Morgan fingerprint density at radius 2 is 2.19 bits per heavy atom. The van der Waals surface area contributed by atoms with Crippen molar-refractivity contribution in [3.63, 3.8) is 0 Å². The molecule has 1 amide bonds. The molecule has 0 aliphatic carbocycles. The summed E-state index contributed by atoms with van der Waals surface area (Å²) >= 11 is 5.86. The van der Waals surface area contributed by atoms with E-state index in [1.807, 2.05) is 6.92 Å². The minimum Gasteiger partial charge on any atom is -0.483 e. The van der Waals surface area contributed by atoms with Gasteiger partial charge in [0.05, 0.1) is 0 Å². The third kappa shape index (κ3) is 3.88. The lowest BCUT2D eigenvalue weighted by Gasteiger charge is -2.32. The Balaban J connectivity index is 1.98. The Kier molecular flexibility index (Phi) is 5.07. The standard InChI is InChI=1S/C15H18ClNO4/c1-10-8-11(16)5-6-13(10)21-9-14(18)17-7-3-2-4-12(17)15(19)20/h5-6,8,12H,2-4,7,9H2,1H3,(H,19,20)/t12-/m1/s1. The third-order valence-electron chi connectivity index (χ3n) is 3.60. The lowest BCUT2D eigenvalue weighted by atomic mass is 10.0. The lowest BCUT2D eigenvalue weighted by Crippen LogP contribution is -2.49. The van der Waals surface area contributed by atoms with Crippen molar-refractivity contribution in [3.05, 3.63) is 28.8 Å². The largest absolute Gasteiger partial charge is 0.483 e. The second-order valence-corrected chi connectivity index (χ2v) is 5.57. The Morgan fingerprint density at radius 1 is 1.43 bits per heavy atom. The minimum atomic E-state index is -0.953. The zero-order chi connectivity index (χ0) is 15.4. The number of aryl methyl sites for hydroxylation is 1. The van der Waals surface area contributed by atoms with Gasteiger partial charge < -0.3 is 14.7 Å². The number of nitrogens with zero attached hydrogens (tertiary/aromatic N) is 1. The van der Waals surface area contributed by atoms with Gasteiger partial charge in [0, 0.05) is 11.6 Å². The van der Waals surface area contributed by atoms with E-state index in [9.17, 15) is 9.59 Å². The molecule has 21 heavy (non-hydrogen) atoms. The van der Waals surface area contributed by atoms with E-state index < -0.39 is 12.0 Å². The van der Waals surface area contributed by atoms with E-state index in [0.29, 0.717) is 23.7 Å². The highest BCUT2D eigenvalue weighted by Crippen LogP contribution is 2.22. The predicted molar refractivity (Wildman–Crippen MR) is 78.7 cm³/mol. The van der Waals surface area contributed by atoms with Crippen LogP contribution in [-0.4, -0.2) is 41.1 Å². The third-order valence-corrected chi connectivity index (χ3v) is 3.83. The summed E-state index contributed by atoms with van der Waals surface area (Å²) < 4.78 is 5.49. The summed E-state index contributed by atoms with van der Waals surface area (Å²) in [6.45, 7) is 2.15. The number of carboxylic acid groups (broad SMARTS) is 1. The molecule has 0 aromatic heterocycles. The number of benzene rings is 1. The van der Waals surface area contributed by atoms with Gasteiger partial charge in [-0.25, -0.2) is 4.79 Å². The predicted octanol–water partition coefficient (Wildman–Crippen LogP) is 2.49. The smallest absolute Gasteiger partial charge is 0.326 e. The first-order chi connectivity index (χ1) is 9.99. The molecule has 1 fully saturated rings. The van der Waals surface area contributed by atoms with Crippen molar-refractivity contribution in [2.45, 2.75) is 32.2 Å². The monoisotopic (exact) mass is 311 g/mol. The average molecular weight is 312 g/mol. The molecule has 1 atom stereocenters. The molecular weight excluding hydrogens is 294 g/mol. The van der Waals surface area contributed by atoms with E-state index in [2.05, 4.69) is 0 Å². The van der Waals surface area contributed by atoms with Crippen molar-refractivity contribution < 1.29 is 19.4 Å². The molecule has 1 aliphatic heterocycles. The number of piperidine rings is 1. The Labute approximate surface area is 128 Å². The van der Waals surface area contributed by atoms with Gasteiger partial charge in [-0.05, 0) is 49.9 Å². The van der Waals surface area contributed by atoms with E-state index in [0.717, 1.165) is 18.4 Å². The molecule has 1 N–H and O–H groups in total. The van der Waals surface area contributed by atoms with Gasteiger partial charge in [0.25, 0.3) is 5.91 Å². The molecule has 0 radical (unpaired) electrons. The molecule has 5 nitrogen and oxygen atoms in total. The van der Waals surface area contributed by atoms with Gasteiger partial charge in [-0.15, -0.1) is 0 Å². The number of likely N-dealkylation sites (tertiary alicyclic amines) is 1. The molecule has 1 aromatic rings. The zero-order valence-corrected chi connectivity index (χ0v) is 12.6. The fraction of sp³-hybridized carbons (Fsp3) is 0.467. The Morgan fingerprint density at radius 3 is 2.86 bits per heavy atom. The van der Waals surface area contributed by atoms with Crippen LogP contribution in [0.2, 0.25) is 5.02 Å².